The van der Waals surface area contributed by atoms with Crippen molar-refractivity contribution in [3.63, 3.8) is 0 Å². The quantitative estimate of drug-likeness (QED) is 0.863. The third-order valence-corrected chi connectivity index (χ3v) is 5.24. The normalized spacial score (nSPS) is 16.8. The number of aliphatic hydroxyl groups excluding tert-OH is 1. The molecule has 0 radical (unpaired) electrons. The molecule has 1 aromatic carbocycles. The zero-order valence-electron chi connectivity index (χ0n) is 15.8. The summed E-state index contributed by atoms with van der Waals surface area (Å²) in [6, 6.07) is 7.54. The van der Waals surface area contributed by atoms with Crippen LogP contribution in [0.4, 0.5) is 13.2 Å². The van der Waals surface area contributed by atoms with Crippen LogP contribution in [0.2, 0.25) is 0 Å². The van der Waals surface area contributed by atoms with Gasteiger partial charge in [0.2, 0.25) is 0 Å². The lowest BCUT2D eigenvalue weighted by molar-refractivity contribution is -0.137. The number of hydrogen-bond donors (Lipinski definition) is 1. The zero-order chi connectivity index (χ0) is 19.6. The number of nitrogens with zero attached hydrogens (tertiary/aromatic N) is 3. The van der Waals surface area contributed by atoms with E-state index < -0.39 is 11.7 Å². The van der Waals surface area contributed by atoms with Crippen LogP contribution in [0.5, 0.6) is 0 Å². The average molecular weight is 381 g/mol. The van der Waals surface area contributed by atoms with Crippen molar-refractivity contribution in [3.8, 4) is 5.69 Å². The fourth-order valence-corrected chi connectivity index (χ4v) is 3.76. The molecule has 1 saturated heterocycles. The highest BCUT2D eigenvalue weighted by atomic mass is 19.4. The van der Waals surface area contributed by atoms with Gasteiger partial charge in [-0.25, -0.2) is 0 Å². The van der Waals surface area contributed by atoms with Crippen molar-refractivity contribution in [3.05, 3.63) is 52.8 Å². The minimum atomic E-state index is -4.35. The largest absolute Gasteiger partial charge is 0.416 e. The van der Waals surface area contributed by atoms with Gasteiger partial charge in [-0.3, -0.25) is 9.80 Å². The van der Waals surface area contributed by atoms with Gasteiger partial charge < -0.3 is 9.67 Å². The van der Waals surface area contributed by atoms with E-state index in [1.54, 1.807) is 6.07 Å². The van der Waals surface area contributed by atoms with Gasteiger partial charge in [-0.2, -0.15) is 13.2 Å². The monoisotopic (exact) mass is 381 g/mol. The van der Waals surface area contributed by atoms with Crippen LogP contribution in [-0.4, -0.2) is 58.8 Å². The Bertz CT molecular complexity index is 777. The van der Waals surface area contributed by atoms with Gasteiger partial charge in [-0.15, -0.1) is 0 Å². The van der Waals surface area contributed by atoms with Crippen molar-refractivity contribution < 1.29 is 18.3 Å². The zero-order valence-corrected chi connectivity index (χ0v) is 15.8. The minimum Gasteiger partial charge on any atom is -0.395 e. The van der Waals surface area contributed by atoms with Crippen LogP contribution in [0.1, 0.15) is 22.5 Å². The standard InChI is InChI=1S/C20H26F3N3O/c1-15-12-17(14-25-8-6-24(7-9-25)10-11-27)16(2)26(15)19-5-3-4-18(13-19)20(21,22)23/h3-5,12-13,27H,6-11,14H2,1-2H3. The molecular formula is C20H26F3N3O. The summed E-state index contributed by atoms with van der Waals surface area (Å²) in [6.45, 7) is 9.25. The highest BCUT2D eigenvalue weighted by molar-refractivity contribution is 5.43. The molecule has 1 aliphatic rings. The molecule has 1 fully saturated rings. The molecular weight excluding hydrogens is 355 g/mol. The molecule has 3 rings (SSSR count). The Morgan fingerprint density at radius 3 is 2.30 bits per heavy atom. The molecule has 0 amide bonds. The molecule has 0 atom stereocenters. The van der Waals surface area contributed by atoms with E-state index in [-0.39, 0.29) is 6.61 Å². The van der Waals surface area contributed by atoms with Crippen molar-refractivity contribution in [1.29, 1.82) is 0 Å². The third-order valence-electron chi connectivity index (χ3n) is 5.24. The number of rotatable bonds is 5. The van der Waals surface area contributed by atoms with Crippen molar-refractivity contribution >= 4 is 0 Å². The highest BCUT2D eigenvalue weighted by Crippen LogP contribution is 2.31. The second-order valence-corrected chi connectivity index (χ2v) is 7.12. The first kappa shape index (κ1) is 19.9. The van der Waals surface area contributed by atoms with Crippen LogP contribution in [0, 0.1) is 13.8 Å². The maximum absolute atomic E-state index is 13.0. The fraction of sp³-hybridized carbons (Fsp3) is 0.500. The lowest BCUT2D eigenvalue weighted by Crippen LogP contribution is -2.46. The first-order valence-corrected chi connectivity index (χ1v) is 9.20. The van der Waals surface area contributed by atoms with E-state index in [2.05, 4.69) is 15.9 Å². The van der Waals surface area contributed by atoms with Crippen LogP contribution >= 0.6 is 0 Å². The molecule has 2 aromatic rings. The number of aromatic nitrogens is 1. The minimum absolute atomic E-state index is 0.179. The van der Waals surface area contributed by atoms with Crippen molar-refractivity contribution in [2.24, 2.45) is 0 Å². The highest BCUT2D eigenvalue weighted by Gasteiger charge is 2.30. The van der Waals surface area contributed by atoms with Crippen LogP contribution in [0.25, 0.3) is 5.69 Å². The van der Waals surface area contributed by atoms with E-state index in [4.69, 9.17) is 5.11 Å². The average Bonchev–Trinajstić information content (AvgIpc) is 2.90. The Hall–Kier alpha value is -1.83. The van der Waals surface area contributed by atoms with Gasteiger partial charge in [-0.1, -0.05) is 6.07 Å². The lowest BCUT2D eigenvalue weighted by atomic mass is 10.2. The maximum Gasteiger partial charge on any atom is 0.416 e. The summed E-state index contributed by atoms with van der Waals surface area (Å²) < 4.78 is 41.0. The summed E-state index contributed by atoms with van der Waals surface area (Å²) in [7, 11) is 0. The first-order chi connectivity index (χ1) is 12.8. The summed E-state index contributed by atoms with van der Waals surface area (Å²) in [5.74, 6) is 0. The number of alkyl halides is 3. The molecule has 0 spiro atoms. The Balaban J connectivity index is 1.78. The van der Waals surface area contributed by atoms with Gasteiger partial charge in [0, 0.05) is 56.3 Å². The Kier molecular flexibility index (Phi) is 5.93. The topological polar surface area (TPSA) is 31.6 Å². The van der Waals surface area contributed by atoms with Crippen molar-refractivity contribution in [2.75, 3.05) is 39.3 Å². The van der Waals surface area contributed by atoms with E-state index >= 15 is 0 Å². The first-order valence-electron chi connectivity index (χ1n) is 9.20. The van der Waals surface area contributed by atoms with E-state index in [1.165, 1.54) is 12.1 Å². The summed E-state index contributed by atoms with van der Waals surface area (Å²) in [5, 5.41) is 9.04. The number of aryl methyl sites for hydroxylation is 1. The second kappa shape index (κ2) is 8.04. The van der Waals surface area contributed by atoms with Gasteiger partial charge in [0.15, 0.2) is 0 Å². The maximum atomic E-state index is 13.0. The van der Waals surface area contributed by atoms with E-state index in [0.29, 0.717) is 12.2 Å². The summed E-state index contributed by atoms with van der Waals surface area (Å²) in [5.41, 5.74) is 2.96. The van der Waals surface area contributed by atoms with Crippen LogP contribution in [0.3, 0.4) is 0 Å². The molecule has 148 valence electrons. The predicted octanol–water partition coefficient (Wildman–Crippen LogP) is 3.22. The fourth-order valence-electron chi connectivity index (χ4n) is 3.76. The SMILES string of the molecule is Cc1cc(CN2CCN(CCO)CC2)c(C)n1-c1cccc(C(F)(F)F)c1. The van der Waals surface area contributed by atoms with Gasteiger partial charge in [-0.05, 0) is 43.7 Å². The molecule has 1 aliphatic heterocycles. The van der Waals surface area contributed by atoms with Crippen LogP contribution < -0.4 is 0 Å². The molecule has 0 bridgehead atoms. The summed E-state index contributed by atoms with van der Waals surface area (Å²) >= 11 is 0. The Morgan fingerprint density at radius 1 is 1.00 bits per heavy atom. The Morgan fingerprint density at radius 2 is 1.67 bits per heavy atom. The van der Waals surface area contributed by atoms with Gasteiger partial charge in [0.05, 0.1) is 12.2 Å². The molecule has 27 heavy (non-hydrogen) atoms. The number of hydrogen-bond acceptors (Lipinski definition) is 3. The number of halogens is 3. The molecule has 2 heterocycles. The van der Waals surface area contributed by atoms with E-state index in [0.717, 1.165) is 55.7 Å². The molecule has 0 aliphatic carbocycles. The van der Waals surface area contributed by atoms with E-state index in [9.17, 15) is 13.2 Å². The van der Waals surface area contributed by atoms with Crippen molar-refractivity contribution in [1.82, 2.24) is 14.4 Å². The van der Waals surface area contributed by atoms with Crippen molar-refractivity contribution in [2.45, 2.75) is 26.6 Å². The molecule has 1 N–H and O–H groups in total. The smallest absolute Gasteiger partial charge is 0.395 e. The lowest BCUT2D eigenvalue weighted by Gasteiger charge is -2.34. The van der Waals surface area contributed by atoms with Crippen LogP contribution in [0.15, 0.2) is 30.3 Å². The van der Waals surface area contributed by atoms with Gasteiger partial charge >= 0.3 is 6.18 Å². The summed E-state index contributed by atoms with van der Waals surface area (Å²) in [4.78, 5) is 4.59. The summed E-state index contributed by atoms with van der Waals surface area (Å²) in [6.07, 6.45) is -4.35. The number of benzene rings is 1. The molecule has 1 aromatic heterocycles. The third kappa shape index (κ3) is 4.54. The second-order valence-electron chi connectivity index (χ2n) is 7.12. The number of aliphatic hydroxyl groups is 1. The molecule has 0 unspecified atom stereocenters. The van der Waals surface area contributed by atoms with Crippen LogP contribution in [-0.2, 0) is 12.7 Å². The number of piperazine rings is 1. The Labute approximate surface area is 157 Å². The number of β-amino-alcohol motifs (C(OH)–C–C–N with tert-alkyl or cyclic N) is 1. The molecule has 0 saturated carbocycles. The predicted molar refractivity (Wildman–Crippen MR) is 99.0 cm³/mol. The molecule has 4 nitrogen and oxygen atoms in total. The molecule has 7 heteroatoms. The van der Waals surface area contributed by atoms with Gasteiger partial charge in [0.25, 0.3) is 0 Å². The van der Waals surface area contributed by atoms with E-state index in [1.807, 2.05) is 18.4 Å². The van der Waals surface area contributed by atoms with Gasteiger partial charge in [0.1, 0.15) is 0 Å².